The van der Waals surface area contributed by atoms with Crippen molar-refractivity contribution in [2.75, 3.05) is 6.61 Å². The Kier molecular flexibility index (Phi) is 4.74. The van der Waals surface area contributed by atoms with Crippen LogP contribution in [-0.2, 0) is 0 Å². The summed E-state index contributed by atoms with van der Waals surface area (Å²) in [4.78, 5) is 12.2. The molecule has 2 aromatic rings. The largest absolute Gasteiger partial charge is 0.507 e. The van der Waals surface area contributed by atoms with Crippen LogP contribution in [0.5, 0.6) is 5.75 Å². The van der Waals surface area contributed by atoms with Gasteiger partial charge in [0.15, 0.2) is 0 Å². The summed E-state index contributed by atoms with van der Waals surface area (Å²) in [6.07, 6.45) is 0.420. The minimum atomic E-state index is -0.356. The molecule has 0 spiro atoms. The van der Waals surface area contributed by atoms with E-state index in [4.69, 9.17) is 5.11 Å². The first kappa shape index (κ1) is 14.1. The van der Waals surface area contributed by atoms with E-state index in [1.54, 1.807) is 18.2 Å². The highest BCUT2D eigenvalue weighted by Gasteiger charge is 2.17. The number of hydrogen-bond donors (Lipinski definition) is 3. The number of carbonyl (C=O) groups excluding carboxylic acids is 1. The lowest BCUT2D eigenvalue weighted by molar-refractivity contribution is 0.0927. The minimum absolute atomic E-state index is 0.0272. The predicted molar refractivity (Wildman–Crippen MR) is 76.5 cm³/mol. The van der Waals surface area contributed by atoms with Crippen LogP contribution in [0, 0.1) is 0 Å². The van der Waals surface area contributed by atoms with Crippen LogP contribution < -0.4 is 5.32 Å². The molecule has 2 aromatic carbocycles. The Morgan fingerprint density at radius 1 is 1.05 bits per heavy atom. The molecule has 20 heavy (non-hydrogen) atoms. The zero-order chi connectivity index (χ0) is 14.4. The maximum Gasteiger partial charge on any atom is 0.255 e. The summed E-state index contributed by atoms with van der Waals surface area (Å²) in [5.41, 5.74) is 1.15. The Bertz CT molecular complexity index is 569. The number of benzene rings is 2. The average molecular weight is 271 g/mol. The van der Waals surface area contributed by atoms with Crippen LogP contribution in [0.3, 0.4) is 0 Å². The number of phenols is 1. The van der Waals surface area contributed by atoms with E-state index in [0.29, 0.717) is 6.42 Å². The standard InChI is InChI=1S/C16H17NO3/c18-11-10-14(12-6-2-1-3-7-12)17-16(20)13-8-4-5-9-15(13)19/h1-9,14,18-19H,10-11H2,(H,17,20). The number of carbonyl (C=O) groups is 1. The molecule has 4 heteroatoms. The van der Waals surface area contributed by atoms with Gasteiger partial charge in [-0.15, -0.1) is 0 Å². The number of aromatic hydroxyl groups is 1. The van der Waals surface area contributed by atoms with Crippen molar-refractivity contribution in [1.29, 1.82) is 0 Å². The number of aliphatic hydroxyl groups excluding tert-OH is 1. The van der Waals surface area contributed by atoms with E-state index in [1.165, 1.54) is 6.07 Å². The Morgan fingerprint density at radius 2 is 1.70 bits per heavy atom. The molecule has 0 aliphatic heterocycles. The summed E-state index contributed by atoms with van der Waals surface area (Å²) in [5, 5.41) is 21.7. The molecule has 1 unspecified atom stereocenters. The summed E-state index contributed by atoms with van der Waals surface area (Å²) in [7, 11) is 0. The van der Waals surface area contributed by atoms with Gasteiger partial charge in [0.1, 0.15) is 5.75 Å². The number of phenolic OH excluding ortho intramolecular Hbond substituents is 1. The van der Waals surface area contributed by atoms with Gasteiger partial charge in [0.05, 0.1) is 11.6 Å². The fourth-order valence-electron chi connectivity index (χ4n) is 2.04. The molecule has 3 N–H and O–H groups in total. The number of hydrogen-bond acceptors (Lipinski definition) is 3. The Hall–Kier alpha value is -2.33. The van der Waals surface area contributed by atoms with Crippen LogP contribution >= 0.6 is 0 Å². The van der Waals surface area contributed by atoms with E-state index >= 15 is 0 Å². The number of nitrogens with one attached hydrogen (secondary N) is 1. The normalized spacial score (nSPS) is 11.8. The Morgan fingerprint density at radius 3 is 2.35 bits per heavy atom. The van der Waals surface area contributed by atoms with Crippen molar-refractivity contribution in [1.82, 2.24) is 5.32 Å². The smallest absolute Gasteiger partial charge is 0.255 e. The first-order valence-electron chi connectivity index (χ1n) is 6.47. The SMILES string of the molecule is O=C(NC(CCO)c1ccccc1)c1ccccc1O. The maximum absolute atomic E-state index is 12.2. The van der Waals surface area contributed by atoms with Crippen molar-refractivity contribution >= 4 is 5.91 Å². The van der Waals surface area contributed by atoms with Crippen LogP contribution in [-0.4, -0.2) is 22.7 Å². The van der Waals surface area contributed by atoms with Gasteiger partial charge in [-0.2, -0.15) is 0 Å². The molecule has 1 atom stereocenters. The van der Waals surface area contributed by atoms with Gasteiger partial charge >= 0.3 is 0 Å². The van der Waals surface area contributed by atoms with E-state index in [-0.39, 0.29) is 29.9 Å². The number of para-hydroxylation sites is 1. The van der Waals surface area contributed by atoms with Crippen LogP contribution in [0.25, 0.3) is 0 Å². The van der Waals surface area contributed by atoms with E-state index in [1.807, 2.05) is 30.3 Å². The van der Waals surface area contributed by atoms with Gasteiger partial charge in [0.2, 0.25) is 0 Å². The number of aliphatic hydroxyl groups is 1. The summed E-state index contributed by atoms with van der Waals surface area (Å²) in [6.45, 7) is -0.0272. The fourth-order valence-corrected chi connectivity index (χ4v) is 2.04. The topological polar surface area (TPSA) is 69.6 Å². The quantitative estimate of drug-likeness (QED) is 0.781. The van der Waals surface area contributed by atoms with Crippen LogP contribution in [0.4, 0.5) is 0 Å². The third-order valence-electron chi connectivity index (χ3n) is 3.07. The molecule has 0 saturated carbocycles. The lowest BCUT2D eigenvalue weighted by atomic mass is 10.0. The zero-order valence-electron chi connectivity index (χ0n) is 11.0. The monoisotopic (exact) mass is 271 g/mol. The number of rotatable bonds is 5. The van der Waals surface area contributed by atoms with Crippen molar-refractivity contribution in [2.45, 2.75) is 12.5 Å². The first-order chi connectivity index (χ1) is 9.72. The molecule has 0 radical (unpaired) electrons. The van der Waals surface area contributed by atoms with Crippen molar-refractivity contribution in [3.8, 4) is 5.75 Å². The van der Waals surface area contributed by atoms with Gasteiger partial charge in [0.25, 0.3) is 5.91 Å². The lowest BCUT2D eigenvalue weighted by Crippen LogP contribution is -2.29. The molecule has 0 fully saturated rings. The molecule has 0 saturated heterocycles. The van der Waals surface area contributed by atoms with Gasteiger partial charge in [-0.25, -0.2) is 0 Å². The summed E-state index contributed by atoms with van der Waals surface area (Å²) < 4.78 is 0. The summed E-state index contributed by atoms with van der Waals surface area (Å²) in [6, 6.07) is 15.5. The van der Waals surface area contributed by atoms with Gasteiger partial charge in [-0.3, -0.25) is 4.79 Å². The van der Waals surface area contributed by atoms with E-state index in [2.05, 4.69) is 5.32 Å². The van der Waals surface area contributed by atoms with Gasteiger partial charge in [0, 0.05) is 6.61 Å². The summed E-state index contributed by atoms with van der Waals surface area (Å²) in [5.74, 6) is -0.411. The molecule has 2 rings (SSSR count). The van der Waals surface area contributed by atoms with E-state index < -0.39 is 0 Å². The molecular weight excluding hydrogens is 254 g/mol. The van der Waals surface area contributed by atoms with Crippen LogP contribution in [0.15, 0.2) is 54.6 Å². The van der Waals surface area contributed by atoms with Gasteiger partial charge in [-0.1, -0.05) is 42.5 Å². The second-order valence-corrected chi connectivity index (χ2v) is 4.47. The van der Waals surface area contributed by atoms with Crippen molar-refractivity contribution in [3.63, 3.8) is 0 Å². The Balaban J connectivity index is 2.17. The molecule has 0 aliphatic carbocycles. The second kappa shape index (κ2) is 6.73. The molecule has 0 aromatic heterocycles. The van der Waals surface area contributed by atoms with Crippen molar-refractivity contribution < 1.29 is 15.0 Å². The Labute approximate surface area is 117 Å². The highest BCUT2D eigenvalue weighted by Crippen LogP contribution is 2.20. The molecule has 0 heterocycles. The van der Waals surface area contributed by atoms with E-state index in [9.17, 15) is 9.90 Å². The fraction of sp³-hybridized carbons (Fsp3) is 0.188. The van der Waals surface area contributed by atoms with Gasteiger partial charge in [-0.05, 0) is 24.1 Å². The summed E-state index contributed by atoms with van der Waals surface area (Å²) >= 11 is 0. The maximum atomic E-state index is 12.2. The second-order valence-electron chi connectivity index (χ2n) is 4.47. The van der Waals surface area contributed by atoms with E-state index in [0.717, 1.165) is 5.56 Å². The zero-order valence-corrected chi connectivity index (χ0v) is 11.0. The molecular formula is C16H17NO3. The highest BCUT2D eigenvalue weighted by atomic mass is 16.3. The highest BCUT2D eigenvalue weighted by molar-refractivity contribution is 5.97. The first-order valence-corrected chi connectivity index (χ1v) is 6.47. The van der Waals surface area contributed by atoms with Gasteiger partial charge < -0.3 is 15.5 Å². The predicted octanol–water partition coefficient (Wildman–Crippen LogP) is 2.25. The lowest BCUT2D eigenvalue weighted by Gasteiger charge is -2.18. The van der Waals surface area contributed by atoms with Crippen LogP contribution in [0.1, 0.15) is 28.4 Å². The van der Waals surface area contributed by atoms with Crippen LogP contribution in [0.2, 0.25) is 0 Å². The average Bonchev–Trinajstić information content (AvgIpc) is 2.48. The minimum Gasteiger partial charge on any atom is -0.507 e. The third kappa shape index (κ3) is 3.36. The molecule has 4 nitrogen and oxygen atoms in total. The van der Waals surface area contributed by atoms with Crippen molar-refractivity contribution in [3.05, 3.63) is 65.7 Å². The molecule has 104 valence electrons. The molecule has 1 amide bonds. The molecule has 0 aliphatic rings. The number of amides is 1. The third-order valence-corrected chi connectivity index (χ3v) is 3.07. The van der Waals surface area contributed by atoms with Crippen molar-refractivity contribution in [2.24, 2.45) is 0 Å². The molecule has 0 bridgehead atoms.